The Kier molecular flexibility index (Phi) is 3.93. The highest BCUT2D eigenvalue weighted by atomic mass is 35.5. The average molecular weight is 250 g/mol. The smallest absolute Gasteiger partial charge is 0.323 e. The van der Waals surface area contributed by atoms with Crippen LogP contribution in [-0.2, 0) is 4.79 Å². The maximum absolute atomic E-state index is 10.5. The number of carbonyl (C=O) groups is 1. The van der Waals surface area contributed by atoms with Crippen LogP contribution in [0.1, 0.15) is 11.7 Å². The lowest BCUT2D eigenvalue weighted by Gasteiger charge is -2.15. The normalized spacial score (nSPS) is 14.7. The number of carboxylic acids is 1. The SMILES string of the molecule is N[C@H](C(=O)O)[C@H](O)c1ccc(Cl)c(Cl)c1. The number of aliphatic carboxylic acids is 1. The third-order valence-corrected chi connectivity index (χ3v) is 2.65. The summed E-state index contributed by atoms with van der Waals surface area (Å²) in [5, 5.41) is 18.7. The number of carboxylic acid groups (broad SMARTS) is 1. The van der Waals surface area contributed by atoms with Crippen molar-refractivity contribution >= 4 is 29.2 Å². The molecule has 0 radical (unpaired) electrons. The minimum Gasteiger partial charge on any atom is -0.480 e. The van der Waals surface area contributed by atoms with Crippen molar-refractivity contribution in [3.8, 4) is 0 Å². The Labute approximate surface area is 96.2 Å². The fourth-order valence-corrected chi connectivity index (χ4v) is 1.35. The molecule has 0 bridgehead atoms. The van der Waals surface area contributed by atoms with Crippen LogP contribution < -0.4 is 5.73 Å². The number of halogens is 2. The van der Waals surface area contributed by atoms with Crippen LogP contribution in [0, 0.1) is 0 Å². The van der Waals surface area contributed by atoms with Crippen LogP contribution in [0.25, 0.3) is 0 Å². The van der Waals surface area contributed by atoms with E-state index in [1.54, 1.807) is 0 Å². The number of hydrogen-bond acceptors (Lipinski definition) is 3. The van der Waals surface area contributed by atoms with Crippen molar-refractivity contribution < 1.29 is 15.0 Å². The van der Waals surface area contributed by atoms with Gasteiger partial charge in [-0.3, -0.25) is 4.79 Å². The minimum absolute atomic E-state index is 0.241. The van der Waals surface area contributed by atoms with Gasteiger partial charge in [0.15, 0.2) is 0 Å². The number of aliphatic hydroxyl groups excluding tert-OH is 1. The molecule has 15 heavy (non-hydrogen) atoms. The van der Waals surface area contributed by atoms with Crippen LogP contribution in [0.15, 0.2) is 18.2 Å². The highest BCUT2D eigenvalue weighted by molar-refractivity contribution is 6.42. The number of aliphatic hydroxyl groups is 1. The lowest BCUT2D eigenvalue weighted by molar-refractivity contribution is -0.141. The van der Waals surface area contributed by atoms with Crippen molar-refractivity contribution in [2.24, 2.45) is 5.73 Å². The van der Waals surface area contributed by atoms with Crippen molar-refractivity contribution in [3.63, 3.8) is 0 Å². The Hall–Kier alpha value is -0.810. The second-order valence-corrected chi connectivity index (χ2v) is 3.80. The summed E-state index contributed by atoms with van der Waals surface area (Å²) in [6, 6.07) is 2.94. The van der Waals surface area contributed by atoms with Gasteiger partial charge < -0.3 is 15.9 Å². The molecule has 6 heteroatoms. The van der Waals surface area contributed by atoms with Gasteiger partial charge in [-0.2, -0.15) is 0 Å². The maximum atomic E-state index is 10.5. The molecule has 1 aromatic rings. The first-order valence-corrected chi connectivity index (χ1v) is 4.80. The fourth-order valence-electron chi connectivity index (χ4n) is 1.04. The predicted octanol–water partition coefficient (Wildman–Crippen LogP) is 1.44. The first kappa shape index (κ1) is 12.3. The first-order chi connectivity index (χ1) is 6.93. The fraction of sp³-hybridized carbons (Fsp3) is 0.222. The first-order valence-electron chi connectivity index (χ1n) is 4.05. The third kappa shape index (κ3) is 2.82. The van der Waals surface area contributed by atoms with E-state index in [9.17, 15) is 9.90 Å². The van der Waals surface area contributed by atoms with E-state index in [-0.39, 0.29) is 5.02 Å². The Morgan fingerprint density at radius 2 is 1.93 bits per heavy atom. The zero-order chi connectivity index (χ0) is 11.6. The van der Waals surface area contributed by atoms with E-state index in [4.69, 9.17) is 34.0 Å². The predicted molar refractivity (Wildman–Crippen MR) is 57.0 cm³/mol. The van der Waals surface area contributed by atoms with Crippen LogP contribution in [0.2, 0.25) is 10.0 Å². The van der Waals surface area contributed by atoms with Crippen molar-refractivity contribution in [3.05, 3.63) is 33.8 Å². The summed E-state index contributed by atoms with van der Waals surface area (Å²) < 4.78 is 0. The van der Waals surface area contributed by atoms with E-state index in [0.29, 0.717) is 10.6 Å². The van der Waals surface area contributed by atoms with Crippen molar-refractivity contribution in [1.29, 1.82) is 0 Å². The zero-order valence-electron chi connectivity index (χ0n) is 7.52. The molecule has 0 aliphatic rings. The van der Waals surface area contributed by atoms with E-state index in [1.807, 2.05) is 0 Å². The number of hydrogen-bond donors (Lipinski definition) is 3. The van der Waals surface area contributed by atoms with Crippen molar-refractivity contribution in [2.45, 2.75) is 12.1 Å². The Bertz CT molecular complexity index is 384. The molecular weight excluding hydrogens is 241 g/mol. The molecule has 1 rings (SSSR count). The van der Waals surface area contributed by atoms with Gasteiger partial charge in [-0.1, -0.05) is 29.3 Å². The molecule has 0 spiro atoms. The van der Waals surface area contributed by atoms with Gasteiger partial charge >= 0.3 is 5.97 Å². The molecule has 0 amide bonds. The van der Waals surface area contributed by atoms with Gasteiger partial charge in [-0.15, -0.1) is 0 Å². The molecule has 0 aliphatic carbocycles. The van der Waals surface area contributed by atoms with Gasteiger partial charge in [0, 0.05) is 0 Å². The third-order valence-electron chi connectivity index (χ3n) is 1.91. The molecule has 1 aromatic carbocycles. The maximum Gasteiger partial charge on any atom is 0.323 e. The molecular formula is C9H9Cl2NO3. The number of nitrogens with two attached hydrogens (primary N) is 1. The summed E-state index contributed by atoms with van der Waals surface area (Å²) in [5.74, 6) is -1.28. The summed E-state index contributed by atoms with van der Waals surface area (Å²) in [4.78, 5) is 10.5. The Morgan fingerprint density at radius 3 is 2.40 bits per heavy atom. The standard InChI is InChI=1S/C9H9Cl2NO3/c10-5-2-1-4(3-6(5)11)8(13)7(12)9(14)15/h1-3,7-8,13H,12H2,(H,14,15)/t7-,8+/m0/s1. The number of rotatable bonds is 3. The minimum atomic E-state index is -1.39. The van der Waals surface area contributed by atoms with Gasteiger partial charge in [0.05, 0.1) is 10.0 Å². The second-order valence-electron chi connectivity index (χ2n) is 2.98. The Morgan fingerprint density at radius 1 is 1.33 bits per heavy atom. The van der Waals surface area contributed by atoms with Crippen LogP contribution in [0.3, 0.4) is 0 Å². The van der Waals surface area contributed by atoms with Gasteiger partial charge in [0.25, 0.3) is 0 Å². The number of benzene rings is 1. The quantitative estimate of drug-likeness (QED) is 0.757. The van der Waals surface area contributed by atoms with Gasteiger partial charge in [-0.05, 0) is 17.7 Å². The van der Waals surface area contributed by atoms with E-state index < -0.39 is 18.1 Å². The van der Waals surface area contributed by atoms with Crippen LogP contribution in [-0.4, -0.2) is 22.2 Å². The lowest BCUT2D eigenvalue weighted by atomic mass is 10.0. The van der Waals surface area contributed by atoms with Gasteiger partial charge in [0.1, 0.15) is 12.1 Å². The monoisotopic (exact) mass is 249 g/mol. The van der Waals surface area contributed by atoms with E-state index in [0.717, 1.165) is 0 Å². The highest BCUT2D eigenvalue weighted by Gasteiger charge is 2.23. The summed E-state index contributed by atoms with van der Waals surface area (Å²) in [6.45, 7) is 0. The molecule has 0 saturated heterocycles. The molecule has 0 aliphatic heterocycles. The Balaban J connectivity index is 2.96. The average Bonchev–Trinajstić information content (AvgIpc) is 2.19. The summed E-state index contributed by atoms with van der Waals surface area (Å²) in [5.41, 5.74) is 5.57. The van der Waals surface area contributed by atoms with Crippen LogP contribution in [0.4, 0.5) is 0 Å². The molecule has 0 aromatic heterocycles. The molecule has 2 atom stereocenters. The zero-order valence-corrected chi connectivity index (χ0v) is 9.03. The van der Waals surface area contributed by atoms with Gasteiger partial charge in [0.2, 0.25) is 0 Å². The molecule has 4 nitrogen and oxygen atoms in total. The molecule has 0 heterocycles. The highest BCUT2D eigenvalue weighted by Crippen LogP contribution is 2.26. The van der Waals surface area contributed by atoms with E-state index >= 15 is 0 Å². The molecule has 0 unspecified atom stereocenters. The van der Waals surface area contributed by atoms with Crippen LogP contribution in [0.5, 0.6) is 0 Å². The van der Waals surface area contributed by atoms with Crippen molar-refractivity contribution in [2.75, 3.05) is 0 Å². The lowest BCUT2D eigenvalue weighted by Crippen LogP contribution is -2.36. The second kappa shape index (κ2) is 4.81. The largest absolute Gasteiger partial charge is 0.480 e. The van der Waals surface area contributed by atoms with E-state index in [2.05, 4.69) is 0 Å². The molecule has 4 N–H and O–H groups in total. The summed E-state index contributed by atoms with van der Waals surface area (Å²) in [7, 11) is 0. The van der Waals surface area contributed by atoms with Crippen LogP contribution >= 0.6 is 23.2 Å². The summed E-state index contributed by atoms with van der Waals surface area (Å²) in [6.07, 6.45) is -1.31. The molecule has 0 fully saturated rings. The topological polar surface area (TPSA) is 83.6 Å². The van der Waals surface area contributed by atoms with E-state index in [1.165, 1.54) is 18.2 Å². The molecule has 82 valence electrons. The summed E-state index contributed by atoms with van der Waals surface area (Å²) >= 11 is 11.4. The van der Waals surface area contributed by atoms with Crippen molar-refractivity contribution in [1.82, 2.24) is 0 Å². The van der Waals surface area contributed by atoms with Gasteiger partial charge in [-0.25, -0.2) is 0 Å². The molecule has 0 saturated carbocycles.